The highest BCUT2D eigenvalue weighted by Gasteiger charge is 2.06. The van der Waals surface area contributed by atoms with Crippen LogP contribution in [0.5, 0.6) is 0 Å². The van der Waals surface area contributed by atoms with Crippen molar-refractivity contribution in [1.82, 2.24) is 0 Å². The van der Waals surface area contributed by atoms with Crippen molar-refractivity contribution in [3.63, 3.8) is 0 Å². The highest BCUT2D eigenvalue weighted by atomic mass is 32.2. The van der Waals surface area contributed by atoms with Crippen LogP contribution in [0.25, 0.3) is 0 Å². The van der Waals surface area contributed by atoms with E-state index in [9.17, 15) is 9.59 Å². The van der Waals surface area contributed by atoms with Gasteiger partial charge in [0.05, 0.1) is 5.75 Å². The van der Waals surface area contributed by atoms with Crippen molar-refractivity contribution in [1.29, 1.82) is 0 Å². The van der Waals surface area contributed by atoms with Crippen molar-refractivity contribution in [3.05, 3.63) is 35.4 Å². The van der Waals surface area contributed by atoms with E-state index in [1.165, 1.54) is 11.8 Å². The monoisotopic (exact) mass is 266 g/mol. The Morgan fingerprint density at radius 3 is 2.28 bits per heavy atom. The lowest BCUT2D eigenvalue weighted by Crippen LogP contribution is -2.05. The molecule has 0 aromatic heterocycles. The van der Waals surface area contributed by atoms with Gasteiger partial charge >= 0.3 is 0 Å². The van der Waals surface area contributed by atoms with Crippen molar-refractivity contribution in [2.45, 2.75) is 33.6 Å². The predicted molar refractivity (Wildman–Crippen MR) is 79.5 cm³/mol. The Hall–Kier alpha value is -1.09. The largest absolute Gasteiger partial charge is 0.298 e. The van der Waals surface area contributed by atoms with Crippen LogP contribution in [-0.2, 0) is 11.2 Å². The first-order chi connectivity index (χ1) is 8.17. The molecule has 0 saturated heterocycles. The fraction of sp³-hybridized carbons (Fsp3) is 0.467. The zero-order chi connectivity index (χ0) is 12.7. The Bertz CT molecular complexity index is 382. The second-order valence-electron chi connectivity index (χ2n) is 4.02. The van der Waals surface area contributed by atoms with Crippen LogP contribution in [0.15, 0.2) is 24.3 Å². The van der Waals surface area contributed by atoms with Gasteiger partial charge in [-0.15, -0.1) is 0 Å². The van der Waals surface area contributed by atoms with Crippen LogP contribution in [0, 0.1) is 0 Å². The maximum absolute atomic E-state index is 11.6. The molecule has 1 aromatic carbocycles. The Morgan fingerprint density at radius 1 is 1.17 bits per heavy atom. The van der Waals surface area contributed by atoms with Gasteiger partial charge in [-0.3, -0.25) is 9.59 Å². The molecule has 0 saturated carbocycles. The van der Waals surface area contributed by atoms with E-state index in [2.05, 4.69) is 0 Å². The number of hydrogen-bond donors (Lipinski definition) is 0. The first-order valence-corrected chi connectivity index (χ1v) is 7.19. The summed E-state index contributed by atoms with van der Waals surface area (Å²) in [6, 6.07) is 7.39. The highest BCUT2D eigenvalue weighted by molar-refractivity contribution is 7.99. The first-order valence-electron chi connectivity index (χ1n) is 5.80. The first kappa shape index (κ1) is 16.9. The molecule has 0 heterocycles. The second-order valence-corrected chi connectivity index (χ2v) is 4.88. The van der Waals surface area contributed by atoms with Gasteiger partial charge in [0.25, 0.3) is 0 Å². The number of thioether (sulfide) groups is 1. The van der Waals surface area contributed by atoms with Gasteiger partial charge in [-0.05, 0) is 18.2 Å². The zero-order valence-electron chi connectivity index (χ0n) is 10.4. The minimum absolute atomic E-state index is 0. The van der Waals surface area contributed by atoms with Crippen LogP contribution in [-0.4, -0.2) is 23.6 Å². The zero-order valence-corrected chi connectivity index (χ0v) is 11.2. The molecule has 100 valence electrons. The summed E-state index contributed by atoms with van der Waals surface area (Å²) >= 11 is 1.54. The van der Waals surface area contributed by atoms with E-state index in [0.29, 0.717) is 18.6 Å². The predicted octanol–water partition coefficient (Wildman–Crippen LogP) is 3.78. The molecule has 0 amide bonds. The van der Waals surface area contributed by atoms with Crippen molar-refractivity contribution in [2.24, 2.45) is 0 Å². The third-order valence-electron chi connectivity index (χ3n) is 2.46. The summed E-state index contributed by atoms with van der Waals surface area (Å²) < 4.78 is 0. The Kier molecular flexibility index (Phi) is 8.38. The van der Waals surface area contributed by atoms with Crippen molar-refractivity contribution >= 4 is 23.3 Å². The lowest BCUT2D eigenvalue weighted by molar-refractivity contribution is -0.115. The molecule has 0 spiro atoms. The number of Topliss-reactive ketones (excluding diaryl/α,β-unsaturated/α-hetero) is 2. The van der Waals surface area contributed by atoms with Gasteiger partial charge < -0.3 is 0 Å². The van der Waals surface area contributed by atoms with Gasteiger partial charge in [0.1, 0.15) is 5.78 Å². The van der Waals surface area contributed by atoms with Gasteiger partial charge in [-0.1, -0.05) is 38.6 Å². The maximum Gasteiger partial charge on any atom is 0.162 e. The van der Waals surface area contributed by atoms with E-state index in [0.717, 1.165) is 17.5 Å². The summed E-state index contributed by atoms with van der Waals surface area (Å²) in [4.78, 5) is 23.1. The quantitative estimate of drug-likeness (QED) is 0.704. The number of rotatable bonds is 7. The number of benzene rings is 1. The SMILES string of the molecule is C.CCCC(=O)c1ccc(CC(=O)CSC)cc1. The van der Waals surface area contributed by atoms with Crippen LogP contribution in [0.4, 0.5) is 0 Å². The molecular formula is C15H22O2S. The molecule has 3 heteroatoms. The molecule has 0 N–H and O–H groups in total. The average Bonchev–Trinajstić information content (AvgIpc) is 2.30. The van der Waals surface area contributed by atoms with Crippen molar-refractivity contribution in [2.75, 3.05) is 12.0 Å². The molecule has 0 aliphatic heterocycles. The van der Waals surface area contributed by atoms with Gasteiger partial charge in [0.2, 0.25) is 0 Å². The fourth-order valence-corrected chi connectivity index (χ4v) is 2.04. The van der Waals surface area contributed by atoms with Crippen molar-refractivity contribution in [3.8, 4) is 0 Å². The molecule has 2 nitrogen and oxygen atoms in total. The Morgan fingerprint density at radius 2 is 1.78 bits per heavy atom. The van der Waals surface area contributed by atoms with Gasteiger partial charge in [0.15, 0.2) is 5.78 Å². The molecule has 1 rings (SSSR count). The summed E-state index contributed by atoms with van der Waals surface area (Å²) in [6.45, 7) is 1.99. The normalized spacial score (nSPS) is 9.67. The highest BCUT2D eigenvalue weighted by Crippen LogP contribution is 2.09. The molecule has 0 aliphatic carbocycles. The van der Waals surface area contributed by atoms with E-state index >= 15 is 0 Å². The minimum Gasteiger partial charge on any atom is -0.298 e. The van der Waals surface area contributed by atoms with E-state index in [1.54, 1.807) is 0 Å². The summed E-state index contributed by atoms with van der Waals surface area (Å²) in [5, 5.41) is 0. The molecule has 0 aliphatic rings. The van der Waals surface area contributed by atoms with E-state index in [1.807, 2.05) is 37.4 Å². The van der Waals surface area contributed by atoms with Crippen LogP contribution in [0.1, 0.15) is 43.1 Å². The molecule has 0 atom stereocenters. The van der Waals surface area contributed by atoms with Crippen LogP contribution < -0.4 is 0 Å². The van der Waals surface area contributed by atoms with E-state index in [-0.39, 0.29) is 19.0 Å². The van der Waals surface area contributed by atoms with E-state index in [4.69, 9.17) is 0 Å². The van der Waals surface area contributed by atoms with Gasteiger partial charge in [0, 0.05) is 18.4 Å². The Balaban J connectivity index is 0.00000289. The lowest BCUT2D eigenvalue weighted by Gasteiger charge is -2.02. The maximum atomic E-state index is 11.6. The molecule has 1 aromatic rings. The number of carbonyl (C=O) groups is 2. The number of hydrogen-bond acceptors (Lipinski definition) is 3. The summed E-state index contributed by atoms with van der Waals surface area (Å²) in [7, 11) is 0. The number of carbonyl (C=O) groups excluding carboxylic acids is 2. The van der Waals surface area contributed by atoms with Crippen LogP contribution >= 0.6 is 11.8 Å². The molecular weight excluding hydrogens is 244 g/mol. The average molecular weight is 266 g/mol. The lowest BCUT2D eigenvalue weighted by atomic mass is 10.0. The fourth-order valence-electron chi connectivity index (χ4n) is 1.62. The van der Waals surface area contributed by atoms with Crippen LogP contribution in [0.2, 0.25) is 0 Å². The standard InChI is InChI=1S/C14H18O2S.CH4/c1-3-4-14(16)12-7-5-11(6-8-12)9-13(15)10-17-2;/h5-8H,3-4,9-10H2,1-2H3;1H4. The smallest absolute Gasteiger partial charge is 0.162 e. The molecule has 0 radical (unpaired) electrons. The molecule has 0 unspecified atom stereocenters. The third-order valence-corrected chi connectivity index (χ3v) is 3.07. The number of ketones is 2. The Labute approximate surface area is 114 Å². The van der Waals surface area contributed by atoms with E-state index < -0.39 is 0 Å². The molecule has 0 fully saturated rings. The van der Waals surface area contributed by atoms with Gasteiger partial charge in [-0.25, -0.2) is 0 Å². The van der Waals surface area contributed by atoms with Gasteiger partial charge in [-0.2, -0.15) is 11.8 Å². The van der Waals surface area contributed by atoms with Crippen LogP contribution in [0.3, 0.4) is 0 Å². The topological polar surface area (TPSA) is 34.1 Å². The minimum atomic E-state index is 0. The van der Waals surface area contributed by atoms with Crippen molar-refractivity contribution < 1.29 is 9.59 Å². The molecule has 18 heavy (non-hydrogen) atoms. The molecule has 0 bridgehead atoms. The third kappa shape index (κ3) is 5.50. The summed E-state index contributed by atoms with van der Waals surface area (Å²) in [5.41, 5.74) is 1.73. The summed E-state index contributed by atoms with van der Waals surface area (Å²) in [6.07, 6.45) is 3.84. The second kappa shape index (κ2) is 8.92. The summed E-state index contributed by atoms with van der Waals surface area (Å²) in [5.74, 6) is 0.955.